The minimum atomic E-state index is -0.0684. The molecule has 2 aromatic rings. The lowest BCUT2D eigenvalue weighted by molar-refractivity contribution is -0.114. The van der Waals surface area contributed by atoms with Gasteiger partial charge in [0, 0.05) is 33.8 Å². The molecule has 0 fully saturated rings. The van der Waals surface area contributed by atoms with Crippen LogP contribution in [0.5, 0.6) is 0 Å². The molecule has 5 heteroatoms. The van der Waals surface area contributed by atoms with Crippen molar-refractivity contribution in [3.8, 4) is 0 Å². The van der Waals surface area contributed by atoms with Crippen LogP contribution in [0.15, 0.2) is 51.4 Å². The third-order valence-corrected chi connectivity index (χ3v) is 3.91. The monoisotopic (exact) mass is 396 g/mol. The van der Waals surface area contributed by atoms with Gasteiger partial charge in [0.15, 0.2) is 0 Å². The molecule has 2 aromatic carbocycles. The van der Waals surface area contributed by atoms with Gasteiger partial charge in [-0.25, -0.2) is 0 Å². The molecule has 0 saturated heterocycles. The number of nitrogens with one attached hydrogen (secondary N) is 2. The lowest BCUT2D eigenvalue weighted by Crippen LogP contribution is -2.10. The Morgan fingerprint density at radius 1 is 1.10 bits per heavy atom. The smallest absolute Gasteiger partial charge is 0.221 e. The van der Waals surface area contributed by atoms with E-state index in [1.165, 1.54) is 6.92 Å². The summed E-state index contributed by atoms with van der Waals surface area (Å²) in [6.07, 6.45) is 0. The van der Waals surface area contributed by atoms with Crippen LogP contribution in [0.4, 0.5) is 11.4 Å². The van der Waals surface area contributed by atoms with E-state index in [2.05, 4.69) is 42.5 Å². The molecule has 0 aliphatic rings. The first-order chi connectivity index (χ1) is 9.56. The zero-order valence-electron chi connectivity index (χ0n) is 10.9. The highest BCUT2D eigenvalue weighted by Gasteiger charge is 2.05. The van der Waals surface area contributed by atoms with Crippen molar-refractivity contribution in [3.05, 3.63) is 57.0 Å². The van der Waals surface area contributed by atoms with Gasteiger partial charge < -0.3 is 10.6 Å². The molecule has 0 aromatic heterocycles. The van der Waals surface area contributed by atoms with Gasteiger partial charge >= 0.3 is 0 Å². The minimum Gasteiger partial charge on any atom is -0.380 e. The van der Waals surface area contributed by atoms with Gasteiger partial charge in [0.05, 0.1) is 0 Å². The largest absolute Gasteiger partial charge is 0.380 e. The summed E-state index contributed by atoms with van der Waals surface area (Å²) in [5.41, 5.74) is 2.87. The fourth-order valence-electron chi connectivity index (χ4n) is 1.81. The first-order valence-corrected chi connectivity index (χ1v) is 7.69. The van der Waals surface area contributed by atoms with Crippen LogP contribution >= 0.6 is 31.9 Å². The molecule has 0 atom stereocenters. The summed E-state index contributed by atoms with van der Waals surface area (Å²) in [5, 5.41) is 6.19. The van der Waals surface area contributed by atoms with Gasteiger partial charge in [0.1, 0.15) is 0 Å². The number of benzene rings is 2. The number of halogens is 2. The van der Waals surface area contributed by atoms with Gasteiger partial charge in [-0.15, -0.1) is 0 Å². The molecule has 1 amide bonds. The van der Waals surface area contributed by atoms with Crippen molar-refractivity contribution in [2.75, 3.05) is 10.6 Å². The molecular formula is C15H14Br2N2O. The zero-order valence-corrected chi connectivity index (χ0v) is 14.1. The van der Waals surface area contributed by atoms with Crippen molar-refractivity contribution >= 4 is 49.1 Å². The van der Waals surface area contributed by atoms with Crippen LogP contribution in [0.1, 0.15) is 12.5 Å². The third kappa shape index (κ3) is 4.08. The number of carbonyl (C=O) groups is 1. The summed E-state index contributed by atoms with van der Waals surface area (Å²) in [7, 11) is 0. The van der Waals surface area contributed by atoms with E-state index in [1.807, 2.05) is 42.5 Å². The van der Waals surface area contributed by atoms with E-state index in [0.717, 1.165) is 25.9 Å². The minimum absolute atomic E-state index is 0.0684. The molecule has 0 spiro atoms. The van der Waals surface area contributed by atoms with Gasteiger partial charge in [-0.2, -0.15) is 0 Å². The topological polar surface area (TPSA) is 41.1 Å². The number of amides is 1. The Hall–Kier alpha value is -1.33. The van der Waals surface area contributed by atoms with E-state index in [1.54, 1.807) is 0 Å². The van der Waals surface area contributed by atoms with E-state index in [4.69, 9.17) is 0 Å². The summed E-state index contributed by atoms with van der Waals surface area (Å²) >= 11 is 6.96. The summed E-state index contributed by atoms with van der Waals surface area (Å²) in [6.45, 7) is 2.14. The maximum atomic E-state index is 11.2. The zero-order chi connectivity index (χ0) is 14.5. The van der Waals surface area contributed by atoms with Crippen LogP contribution in [0.25, 0.3) is 0 Å². The third-order valence-electron chi connectivity index (χ3n) is 2.73. The van der Waals surface area contributed by atoms with Crippen LogP contribution in [-0.2, 0) is 11.3 Å². The summed E-state index contributed by atoms with van der Waals surface area (Å²) in [6, 6.07) is 13.7. The lowest BCUT2D eigenvalue weighted by atomic mass is 10.1. The van der Waals surface area contributed by atoms with E-state index in [0.29, 0.717) is 6.54 Å². The Morgan fingerprint density at radius 2 is 1.85 bits per heavy atom. The van der Waals surface area contributed by atoms with Crippen LogP contribution in [0.3, 0.4) is 0 Å². The Bertz CT molecular complexity index is 629. The van der Waals surface area contributed by atoms with Gasteiger partial charge in [-0.05, 0) is 45.8 Å². The summed E-state index contributed by atoms with van der Waals surface area (Å²) in [4.78, 5) is 11.2. The molecule has 2 rings (SSSR count). The number of hydrogen-bond donors (Lipinski definition) is 2. The SMILES string of the molecule is CC(=O)Nc1ccccc1CNc1cc(Br)ccc1Br. The molecule has 104 valence electrons. The van der Waals surface area contributed by atoms with E-state index < -0.39 is 0 Å². The number of anilines is 2. The second-order valence-corrected chi connectivity index (χ2v) is 6.09. The molecule has 20 heavy (non-hydrogen) atoms. The standard InChI is InChI=1S/C15H14Br2N2O/c1-10(20)19-14-5-3-2-4-11(14)9-18-15-8-12(16)6-7-13(15)17/h2-8,18H,9H2,1H3,(H,19,20). The fraction of sp³-hybridized carbons (Fsp3) is 0.133. The highest BCUT2D eigenvalue weighted by Crippen LogP contribution is 2.27. The second-order valence-electron chi connectivity index (χ2n) is 4.32. The summed E-state index contributed by atoms with van der Waals surface area (Å²) in [5.74, 6) is -0.0684. The van der Waals surface area contributed by atoms with Gasteiger partial charge in [-0.3, -0.25) is 4.79 Å². The molecule has 0 bridgehead atoms. The van der Waals surface area contributed by atoms with Crippen LogP contribution < -0.4 is 10.6 Å². The summed E-state index contributed by atoms with van der Waals surface area (Å²) < 4.78 is 2.01. The Kier molecular flexibility index (Phi) is 5.20. The molecule has 0 aliphatic carbocycles. The first-order valence-electron chi connectivity index (χ1n) is 6.10. The quantitative estimate of drug-likeness (QED) is 0.779. The molecule has 0 radical (unpaired) electrons. The van der Waals surface area contributed by atoms with Gasteiger partial charge in [-0.1, -0.05) is 34.1 Å². The van der Waals surface area contributed by atoms with E-state index >= 15 is 0 Å². The second kappa shape index (κ2) is 6.90. The Morgan fingerprint density at radius 3 is 2.60 bits per heavy atom. The van der Waals surface area contributed by atoms with Crippen molar-refractivity contribution < 1.29 is 4.79 Å². The molecule has 0 unspecified atom stereocenters. The maximum absolute atomic E-state index is 11.2. The molecule has 2 N–H and O–H groups in total. The number of rotatable bonds is 4. The van der Waals surface area contributed by atoms with Gasteiger partial charge in [0.2, 0.25) is 5.91 Å². The number of hydrogen-bond acceptors (Lipinski definition) is 2. The number of para-hydroxylation sites is 1. The normalized spacial score (nSPS) is 10.2. The predicted molar refractivity (Wildman–Crippen MR) is 89.9 cm³/mol. The Labute approximate surface area is 135 Å². The van der Waals surface area contributed by atoms with Crippen molar-refractivity contribution in [2.45, 2.75) is 13.5 Å². The molecule has 0 saturated carbocycles. The van der Waals surface area contributed by atoms with E-state index in [-0.39, 0.29) is 5.91 Å². The molecule has 0 heterocycles. The van der Waals surface area contributed by atoms with Crippen LogP contribution in [-0.4, -0.2) is 5.91 Å². The first kappa shape index (κ1) is 15.1. The van der Waals surface area contributed by atoms with Crippen LogP contribution in [0.2, 0.25) is 0 Å². The van der Waals surface area contributed by atoms with Crippen molar-refractivity contribution in [3.63, 3.8) is 0 Å². The highest BCUT2D eigenvalue weighted by molar-refractivity contribution is 9.11. The molecule has 0 aliphatic heterocycles. The predicted octanol–water partition coefficient (Wildman–Crippen LogP) is 4.78. The highest BCUT2D eigenvalue weighted by atomic mass is 79.9. The molecule has 3 nitrogen and oxygen atoms in total. The average molecular weight is 398 g/mol. The van der Waals surface area contributed by atoms with Crippen molar-refractivity contribution in [1.29, 1.82) is 0 Å². The van der Waals surface area contributed by atoms with Crippen LogP contribution in [0, 0.1) is 0 Å². The number of carbonyl (C=O) groups excluding carboxylic acids is 1. The lowest BCUT2D eigenvalue weighted by Gasteiger charge is -2.13. The fourth-order valence-corrected chi connectivity index (χ4v) is 2.56. The van der Waals surface area contributed by atoms with Crippen molar-refractivity contribution in [2.24, 2.45) is 0 Å². The maximum Gasteiger partial charge on any atom is 0.221 e. The van der Waals surface area contributed by atoms with Gasteiger partial charge in [0.25, 0.3) is 0 Å². The molecular weight excluding hydrogens is 384 g/mol. The van der Waals surface area contributed by atoms with Crippen molar-refractivity contribution in [1.82, 2.24) is 0 Å². The van der Waals surface area contributed by atoms with E-state index in [9.17, 15) is 4.79 Å². The average Bonchev–Trinajstić information content (AvgIpc) is 2.41. The Balaban J connectivity index is 2.14.